The van der Waals surface area contributed by atoms with Crippen LogP contribution in [0.1, 0.15) is 51.4 Å². The van der Waals surface area contributed by atoms with Gasteiger partial charge in [0.15, 0.2) is 11.6 Å². The zero-order chi connectivity index (χ0) is 23.2. The number of rotatable bonds is 7. The second-order valence-corrected chi connectivity index (χ2v) is 9.09. The third kappa shape index (κ3) is 6.19. The van der Waals surface area contributed by atoms with Gasteiger partial charge in [0, 0.05) is 25.2 Å². The maximum absolute atomic E-state index is 14.2. The lowest BCUT2D eigenvalue weighted by atomic mass is 10.0. The van der Waals surface area contributed by atoms with Crippen molar-refractivity contribution in [2.75, 3.05) is 49.8 Å². The first-order valence-corrected chi connectivity index (χ1v) is 11.9. The predicted molar refractivity (Wildman–Crippen MR) is 128 cm³/mol. The summed E-state index contributed by atoms with van der Waals surface area (Å²) in [6.07, 6.45) is 10.7. The minimum absolute atomic E-state index is 0.0922. The van der Waals surface area contributed by atoms with Gasteiger partial charge in [-0.1, -0.05) is 25.7 Å². The molecule has 2 N–H and O–H groups in total. The van der Waals surface area contributed by atoms with Crippen LogP contribution in [0.4, 0.5) is 28.1 Å². The zero-order valence-corrected chi connectivity index (χ0v) is 19.8. The molecule has 0 unspecified atom stereocenters. The van der Waals surface area contributed by atoms with Crippen LogP contribution in [0.3, 0.4) is 0 Å². The van der Waals surface area contributed by atoms with Crippen molar-refractivity contribution in [1.82, 2.24) is 24.8 Å². The van der Waals surface area contributed by atoms with Gasteiger partial charge in [-0.15, -0.1) is 0 Å². The van der Waals surface area contributed by atoms with Gasteiger partial charge < -0.3 is 25.2 Å². The van der Waals surface area contributed by atoms with Gasteiger partial charge in [-0.2, -0.15) is 15.0 Å². The fourth-order valence-electron chi connectivity index (χ4n) is 4.55. The second-order valence-electron chi connectivity index (χ2n) is 9.09. The van der Waals surface area contributed by atoms with Gasteiger partial charge >= 0.3 is 0 Å². The average molecular weight is 459 g/mol. The highest BCUT2D eigenvalue weighted by atomic mass is 19.1. The fraction of sp³-hybridized carbons (Fsp3) is 0.652. The number of piperidine rings is 1. The summed E-state index contributed by atoms with van der Waals surface area (Å²) in [5.41, 5.74) is 0. The number of methoxy groups -OCH3 is 1. The maximum Gasteiger partial charge on any atom is 0.235 e. The third-order valence-corrected chi connectivity index (χ3v) is 6.64. The van der Waals surface area contributed by atoms with Crippen LogP contribution in [0, 0.1) is 5.82 Å². The first-order chi connectivity index (χ1) is 16.0. The molecule has 1 aliphatic heterocycles. The van der Waals surface area contributed by atoms with Gasteiger partial charge in [0.05, 0.1) is 13.3 Å². The molecular weight excluding hydrogens is 423 g/mol. The standard InChI is InChI=1S/C23H35FN8O/c1-31-12-10-17(11-13-31)32(2)23-29-21(26-16-8-6-4-5-7-9-16)28-22(30-23)27-20-14-18(24)19(33-3)15-25-20/h14-17H,4-13H2,1-3H3,(H2,25,26,27,28,29,30). The molecule has 0 aromatic carbocycles. The molecular formula is C23H35FN8O. The zero-order valence-electron chi connectivity index (χ0n) is 19.8. The molecule has 180 valence electrons. The van der Waals surface area contributed by atoms with Crippen LogP contribution in [-0.4, -0.2) is 71.2 Å². The molecule has 9 nitrogen and oxygen atoms in total. The van der Waals surface area contributed by atoms with Crippen molar-refractivity contribution < 1.29 is 9.13 Å². The van der Waals surface area contributed by atoms with Crippen molar-refractivity contribution in [2.45, 2.75) is 63.5 Å². The molecule has 33 heavy (non-hydrogen) atoms. The molecule has 1 aliphatic carbocycles. The smallest absolute Gasteiger partial charge is 0.235 e. The number of nitrogens with one attached hydrogen (secondary N) is 2. The van der Waals surface area contributed by atoms with Gasteiger partial charge in [0.25, 0.3) is 0 Å². The summed E-state index contributed by atoms with van der Waals surface area (Å²) >= 11 is 0. The minimum atomic E-state index is -0.496. The molecule has 2 fully saturated rings. The van der Waals surface area contributed by atoms with Crippen molar-refractivity contribution >= 4 is 23.7 Å². The summed E-state index contributed by atoms with van der Waals surface area (Å²) in [4.78, 5) is 22.7. The molecule has 2 aliphatic rings. The molecule has 0 atom stereocenters. The Kier molecular flexibility index (Phi) is 7.74. The summed E-state index contributed by atoms with van der Waals surface area (Å²) in [6, 6.07) is 1.99. The fourth-order valence-corrected chi connectivity index (χ4v) is 4.55. The number of aromatic nitrogens is 4. The third-order valence-electron chi connectivity index (χ3n) is 6.64. The molecule has 3 heterocycles. The Labute approximate surface area is 195 Å². The predicted octanol–water partition coefficient (Wildman–Crippen LogP) is 3.82. The Morgan fingerprint density at radius 2 is 1.73 bits per heavy atom. The van der Waals surface area contributed by atoms with E-state index in [2.05, 4.69) is 42.4 Å². The van der Waals surface area contributed by atoms with E-state index in [9.17, 15) is 4.39 Å². The van der Waals surface area contributed by atoms with Crippen molar-refractivity contribution in [3.63, 3.8) is 0 Å². The van der Waals surface area contributed by atoms with E-state index in [1.807, 2.05) is 7.05 Å². The van der Waals surface area contributed by atoms with Gasteiger partial charge in [-0.05, 0) is 45.8 Å². The van der Waals surface area contributed by atoms with Gasteiger partial charge in [-0.25, -0.2) is 9.37 Å². The van der Waals surface area contributed by atoms with E-state index in [0.29, 0.717) is 35.7 Å². The van der Waals surface area contributed by atoms with E-state index in [1.165, 1.54) is 45.1 Å². The molecule has 2 aromatic heterocycles. The van der Waals surface area contributed by atoms with Crippen molar-refractivity contribution in [3.05, 3.63) is 18.1 Å². The molecule has 2 aromatic rings. The van der Waals surface area contributed by atoms with Crippen LogP contribution in [-0.2, 0) is 0 Å². The normalized spacial score (nSPS) is 18.5. The van der Waals surface area contributed by atoms with Crippen molar-refractivity contribution in [2.24, 2.45) is 0 Å². The monoisotopic (exact) mass is 458 g/mol. The van der Waals surface area contributed by atoms with Gasteiger partial charge in [0.2, 0.25) is 17.8 Å². The van der Waals surface area contributed by atoms with E-state index in [0.717, 1.165) is 38.8 Å². The number of likely N-dealkylation sites (tertiary alicyclic amines) is 1. The Morgan fingerprint density at radius 1 is 1.03 bits per heavy atom. The van der Waals surface area contributed by atoms with E-state index in [4.69, 9.17) is 9.72 Å². The first-order valence-electron chi connectivity index (χ1n) is 11.9. The van der Waals surface area contributed by atoms with Crippen LogP contribution in [0.5, 0.6) is 5.75 Å². The summed E-state index contributed by atoms with van der Waals surface area (Å²) in [5.74, 6) is 1.40. The number of hydrogen-bond donors (Lipinski definition) is 2. The SMILES string of the molecule is COc1cnc(Nc2nc(NC3CCCCCC3)nc(N(C)C3CCN(C)CC3)n2)cc1F. The topological polar surface area (TPSA) is 91.3 Å². The van der Waals surface area contributed by atoms with Crippen molar-refractivity contribution in [3.8, 4) is 5.75 Å². The maximum atomic E-state index is 14.2. The van der Waals surface area contributed by atoms with Crippen LogP contribution in [0.25, 0.3) is 0 Å². The Morgan fingerprint density at radius 3 is 2.39 bits per heavy atom. The van der Waals surface area contributed by atoms with Crippen LogP contribution in [0.15, 0.2) is 12.3 Å². The lowest BCUT2D eigenvalue weighted by Gasteiger charge is -2.35. The molecule has 0 bridgehead atoms. The van der Waals surface area contributed by atoms with E-state index in [1.54, 1.807) is 0 Å². The lowest BCUT2D eigenvalue weighted by Crippen LogP contribution is -2.42. The lowest BCUT2D eigenvalue weighted by molar-refractivity contribution is 0.252. The van der Waals surface area contributed by atoms with Crippen LogP contribution >= 0.6 is 0 Å². The highest BCUT2D eigenvalue weighted by molar-refractivity contribution is 5.53. The quantitative estimate of drug-likeness (QED) is 0.601. The molecule has 1 saturated carbocycles. The number of nitrogens with zero attached hydrogens (tertiary/aromatic N) is 6. The Balaban J connectivity index is 1.58. The van der Waals surface area contributed by atoms with Crippen molar-refractivity contribution in [1.29, 1.82) is 0 Å². The van der Waals surface area contributed by atoms with Gasteiger partial charge in [0.1, 0.15) is 5.82 Å². The van der Waals surface area contributed by atoms with E-state index >= 15 is 0 Å². The Bertz CT molecular complexity index is 913. The first kappa shape index (κ1) is 23.4. The summed E-state index contributed by atoms with van der Waals surface area (Å²) < 4.78 is 19.1. The largest absolute Gasteiger partial charge is 0.492 e. The molecule has 0 amide bonds. The second kappa shape index (κ2) is 10.9. The highest BCUT2D eigenvalue weighted by Gasteiger charge is 2.24. The number of pyridine rings is 1. The number of hydrogen-bond acceptors (Lipinski definition) is 9. The summed E-state index contributed by atoms with van der Waals surface area (Å²) in [7, 11) is 5.60. The number of anilines is 4. The molecule has 10 heteroatoms. The van der Waals surface area contributed by atoms with E-state index < -0.39 is 5.82 Å². The summed E-state index contributed by atoms with van der Waals surface area (Å²) in [6.45, 7) is 2.10. The van der Waals surface area contributed by atoms with Crippen LogP contribution in [0.2, 0.25) is 0 Å². The molecule has 0 radical (unpaired) electrons. The van der Waals surface area contributed by atoms with E-state index in [-0.39, 0.29) is 5.75 Å². The minimum Gasteiger partial charge on any atom is -0.492 e. The molecule has 1 saturated heterocycles. The molecule has 4 rings (SSSR count). The highest BCUT2D eigenvalue weighted by Crippen LogP contribution is 2.25. The number of halogens is 1. The van der Waals surface area contributed by atoms with Gasteiger partial charge in [-0.3, -0.25) is 0 Å². The molecule has 0 spiro atoms. The summed E-state index contributed by atoms with van der Waals surface area (Å²) in [5, 5.41) is 6.58. The average Bonchev–Trinajstić information content (AvgIpc) is 3.08. The Hall–Kier alpha value is -2.75. The van der Waals surface area contributed by atoms with Crippen LogP contribution < -0.4 is 20.3 Å². The number of ether oxygens (including phenoxy) is 1.